The predicted molar refractivity (Wildman–Crippen MR) is 84.2 cm³/mol. The molecule has 0 amide bonds. The van der Waals surface area contributed by atoms with Crippen molar-refractivity contribution in [3.8, 4) is 0 Å². The van der Waals surface area contributed by atoms with Crippen LogP contribution in [0, 0.1) is 5.41 Å². The molecule has 1 fully saturated rings. The fraction of sp³-hybridized carbons (Fsp3) is 0.923. The van der Waals surface area contributed by atoms with Gasteiger partial charge in [0.25, 0.3) is 0 Å². The topological polar surface area (TPSA) is 27.6 Å². The lowest BCUT2D eigenvalue weighted by atomic mass is 9.72. The average molecular weight is 351 g/mol. The number of halogens is 1. The molecule has 0 radical (unpaired) electrons. The summed E-state index contributed by atoms with van der Waals surface area (Å²) in [7, 11) is 2.12. The average Bonchev–Trinajstić information content (AvgIpc) is 2.74. The molecule has 2 aliphatic rings. The molecule has 1 N–H and O–H groups in total. The van der Waals surface area contributed by atoms with E-state index in [9.17, 15) is 0 Å². The van der Waals surface area contributed by atoms with Gasteiger partial charge in [-0.1, -0.05) is 26.2 Å². The fourth-order valence-corrected chi connectivity index (χ4v) is 2.95. The number of nitrogens with one attached hydrogen (secondary N) is 1. The number of hydrogen-bond acceptors (Lipinski definition) is 3. The summed E-state index contributed by atoms with van der Waals surface area (Å²) in [5, 5.41) is 3.57. The molecule has 3 nitrogen and oxygen atoms in total. The molecule has 4 heteroatoms. The highest BCUT2D eigenvalue weighted by Gasteiger charge is 2.30. The zero-order valence-corrected chi connectivity index (χ0v) is 13.5. The summed E-state index contributed by atoms with van der Waals surface area (Å²) in [6, 6.07) is 0. The molecule has 0 unspecified atom stereocenters. The molecule has 1 aliphatic heterocycles. The summed E-state index contributed by atoms with van der Waals surface area (Å²) >= 11 is 0. The molecule has 0 spiro atoms. The third kappa shape index (κ3) is 3.73. The van der Waals surface area contributed by atoms with Crippen LogP contribution in [0.25, 0.3) is 0 Å². The highest BCUT2D eigenvalue weighted by atomic mass is 127. The maximum atomic E-state index is 4.50. The predicted octanol–water partition coefficient (Wildman–Crippen LogP) is 2.86. The van der Waals surface area contributed by atoms with E-state index in [1.54, 1.807) is 0 Å². The monoisotopic (exact) mass is 351 g/mol. The van der Waals surface area contributed by atoms with Crippen LogP contribution in [0.5, 0.6) is 0 Å². The number of likely N-dealkylation sites (N-methyl/N-ethyl adjacent to an activating group) is 1. The minimum Gasteiger partial charge on any atom is -0.356 e. The number of hydrogen-bond donors (Lipinski definition) is 1. The second-order valence-corrected chi connectivity index (χ2v) is 5.39. The van der Waals surface area contributed by atoms with Gasteiger partial charge >= 0.3 is 0 Å². The third-order valence-electron chi connectivity index (χ3n) is 4.34. The Morgan fingerprint density at radius 2 is 2.00 bits per heavy atom. The van der Waals surface area contributed by atoms with Crippen LogP contribution in [0.1, 0.15) is 45.4 Å². The van der Waals surface area contributed by atoms with Crippen molar-refractivity contribution in [3.05, 3.63) is 0 Å². The van der Waals surface area contributed by atoms with Crippen molar-refractivity contribution >= 4 is 29.9 Å². The van der Waals surface area contributed by atoms with Crippen LogP contribution in [0.4, 0.5) is 0 Å². The normalized spacial score (nSPS) is 22.9. The molecule has 0 atom stereocenters. The first-order valence-electron chi connectivity index (χ1n) is 6.75. The van der Waals surface area contributed by atoms with Crippen LogP contribution >= 0.6 is 24.0 Å². The summed E-state index contributed by atoms with van der Waals surface area (Å²) in [4.78, 5) is 6.73. The molecule has 0 aromatic rings. The van der Waals surface area contributed by atoms with Gasteiger partial charge in [-0.2, -0.15) is 0 Å². The summed E-state index contributed by atoms with van der Waals surface area (Å²) < 4.78 is 0. The van der Waals surface area contributed by atoms with Gasteiger partial charge in [-0.3, -0.25) is 4.99 Å². The van der Waals surface area contributed by atoms with Crippen LogP contribution in [-0.4, -0.2) is 37.5 Å². The number of aliphatic imine (C=N–C) groups is 1. The molecule has 1 heterocycles. The molecule has 1 saturated carbocycles. The molecular weight excluding hydrogens is 325 g/mol. The molecule has 2 rings (SSSR count). The van der Waals surface area contributed by atoms with Crippen LogP contribution < -0.4 is 5.32 Å². The van der Waals surface area contributed by atoms with Crippen molar-refractivity contribution in [1.29, 1.82) is 0 Å². The second-order valence-electron chi connectivity index (χ2n) is 5.39. The van der Waals surface area contributed by atoms with Gasteiger partial charge in [0.2, 0.25) is 0 Å². The first-order chi connectivity index (χ1) is 7.76. The molecule has 0 saturated heterocycles. The summed E-state index contributed by atoms with van der Waals surface area (Å²) in [5.41, 5.74) is 0.546. The Bertz CT molecular complexity index is 259. The maximum Gasteiger partial charge on any atom is 0.193 e. The minimum atomic E-state index is 0. The zero-order valence-electron chi connectivity index (χ0n) is 11.2. The molecular formula is C13H26IN3. The van der Waals surface area contributed by atoms with Gasteiger partial charge in [-0.05, 0) is 24.7 Å². The van der Waals surface area contributed by atoms with Gasteiger partial charge in [-0.25, -0.2) is 0 Å². The van der Waals surface area contributed by atoms with E-state index in [1.165, 1.54) is 38.5 Å². The van der Waals surface area contributed by atoms with E-state index < -0.39 is 0 Å². The smallest absolute Gasteiger partial charge is 0.193 e. The standard InChI is InChI=1S/C13H25N3.HI/c1-3-13(7-5-4-6-8-13)11-15-12-14-9-10-16(12)2;/h3-11H2,1-2H3,(H,14,15);1H. The third-order valence-corrected chi connectivity index (χ3v) is 4.34. The van der Waals surface area contributed by atoms with Crippen molar-refractivity contribution in [3.63, 3.8) is 0 Å². The summed E-state index contributed by atoms with van der Waals surface area (Å²) in [6.45, 7) is 5.49. The Balaban J connectivity index is 0.00000144. The van der Waals surface area contributed by atoms with Crippen LogP contribution in [0.15, 0.2) is 4.99 Å². The van der Waals surface area contributed by atoms with Crippen molar-refractivity contribution in [2.75, 3.05) is 26.7 Å². The van der Waals surface area contributed by atoms with Gasteiger partial charge in [0.05, 0.1) is 6.54 Å². The van der Waals surface area contributed by atoms with Gasteiger partial charge < -0.3 is 10.2 Å². The maximum absolute atomic E-state index is 4.50. The Kier molecular flexibility index (Phi) is 6.03. The minimum absolute atomic E-state index is 0. The van der Waals surface area contributed by atoms with Crippen LogP contribution in [0.2, 0.25) is 0 Å². The first-order valence-corrected chi connectivity index (χ1v) is 6.75. The van der Waals surface area contributed by atoms with Crippen molar-refractivity contribution in [1.82, 2.24) is 10.2 Å². The number of guanidine groups is 1. The van der Waals surface area contributed by atoms with Gasteiger partial charge in [-0.15, -0.1) is 24.0 Å². The van der Waals surface area contributed by atoms with E-state index in [0.29, 0.717) is 5.41 Å². The van der Waals surface area contributed by atoms with Crippen molar-refractivity contribution in [2.24, 2.45) is 10.4 Å². The molecule has 100 valence electrons. The SMILES string of the molecule is CCC1(CNC2=NCCN2C)CCCCC1.I. The van der Waals surface area contributed by atoms with E-state index in [1.807, 2.05) is 0 Å². The highest BCUT2D eigenvalue weighted by Crippen LogP contribution is 2.38. The van der Waals surface area contributed by atoms with Crippen molar-refractivity contribution in [2.45, 2.75) is 45.4 Å². The van der Waals surface area contributed by atoms with Gasteiger partial charge in [0, 0.05) is 20.1 Å². The first kappa shape index (κ1) is 15.1. The number of nitrogens with zero attached hydrogens (tertiary/aromatic N) is 2. The molecule has 1 aliphatic carbocycles. The molecule has 0 bridgehead atoms. The number of rotatable bonds is 3. The second kappa shape index (κ2) is 6.81. The lowest BCUT2D eigenvalue weighted by Crippen LogP contribution is -2.43. The Morgan fingerprint density at radius 1 is 1.29 bits per heavy atom. The van der Waals surface area contributed by atoms with E-state index in [-0.39, 0.29) is 24.0 Å². The van der Waals surface area contributed by atoms with Gasteiger partial charge in [0.15, 0.2) is 5.96 Å². The largest absolute Gasteiger partial charge is 0.356 e. The molecule has 0 aromatic carbocycles. The summed E-state index contributed by atoms with van der Waals surface area (Å²) in [5.74, 6) is 1.11. The van der Waals surface area contributed by atoms with Gasteiger partial charge in [0.1, 0.15) is 0 Å². The Labute approximate surface area is 122 Å². The zero-order chi connectivity index (χ0) is 11.4. The molecule has 17 heavy (non-hydrogen) atoms. The van der Waals surface area contributed by atoms with Crippen LogP contribution in [0.3, 0.4) is 0 Å². The quantitative estimate of drug-likeness (QED) is 0.792. The summed E-state index contributed by atoms with van der Waals surface area (Å²) in [6.07, 6.45) is 8.36. The van der Waals surface area contributed by atoms with E-state index >= 15 is 0 Å². The highest BCUT2D eigenvalue weighted by molar-refractivity contribution is 14.0. The fourth-order valence-electron chi connectivity index (χ4n) is 2.95. The molecule has 0 aromatic heterocycles. The van der Waals surface area contributed by atoms with Crippen molar-refractivity contribution < 1.29 is 0 Å². The lowest BCUT2D eigenvalue weighted by molar-refractivity contribution is 0.182. The lowest BCUT2D eigenvalue weighted by Gasteiger charge is -2.37. The Morgan fingerprint density at radius 3 is 2.53 bits per heavy atom. The van der Waals surface area contributed by atoms with E-state index in [2.05, 4.69) is 29.2 Å². The van der Waals surface area contributed by atoms with E-state index in [0.717, 1.165) is 25.6 Å². The van der Waals surface area contributed by atoms with E-state index in [4.69, 9.17) is 0 Å². The Hall–Kier alpha value is 0. The van der Waals surface area contributed by atoms with Crippen LogP contribution in [-0.2, 0) is 0 Å².